The van der Waals surface area contributed by atoms with Gasteiger partial charge in [0.1, 0.15) is 11.5 Å². The van der Waals surface area contributed by atoms with Gasteiger partial charge in [-0.05, 0) is 31.0 Å². The number of likely N-dealkylation sites (N-methyl/N-ethyl adjacent to an activating group) is 1. The maximum atomic E-state index is 13.8. The number of rotatable bonds is 6. The molecule has 5 rings (SSSR count). The van der Waals surface area contributed by atoms with Crippen molar-refractivity contribution in [3.63, 3.8) is 0 Å². The molecule has 0 radical (unpaired) electrons. The minimum absolute atomic E-state index is 0.0472. The van der Waals surface area contributed by atoms with E-state index in [4.69, 9.17) is 11.6 Å². The molecule has 0 atom stereocenters. The molecular weight excluding hydrogens is 475 g/mol. The zero-order chi connectivity index (χ0) is 24.2. The van der Waals surface area contributed by atoms with Crippen molar-refractivity contribution < 1.29 is 27.5 Å². The second-order valence-corrected chi connectivity index (χ2v) is 9.11. The predicted octanol–water partition coefficient (Wildman–Crippen LogP) is 3.73. The maximum Gasteiger partial charge on any atom is 0.345 e. The lowest BCUT2D eigenvalue weighted by atomic mass is 10.0. The molecule has 8 nitrogen and oxygen atoms in total. The lowest BCUT2D eigenvalue weighted by Gasteiger charge is -2.29. The molecule has 1 fully saturated rings. The predicted molar refractivity (Wildman–Crippen MR) is 116 cm³/mol. The third-order valence-corrected chi connectivity index (χ3v) is 6.93. The summed E-state index contributed by atoms with van der Waals surface area (Å²) >= 11 is 5.83. The van der Waals surface area contributed by atoms with Gasteiger partial charge in [-0.25, -0.2) is 4.39 Å². The molecule has 2 N–H and O–H groups in total. The third kappa shape index (κ3) is 3.92. The molecule has 180 valence electrons. The zero-order valence-corrected chi connectivity index (χ0v) is 18.9. The quantitative estimate of drug-likeness (QED) is 0.545. The first-order valence-corrected chi connectivity index (χ1v) is 11.1. The van der Waals surface area contributed by atoms with Gasteiger partial charge in [-0.3, -0.25) is 14.7 Å². The smallest absolute Gasteiger partial charge is 0.345 e. The van der Waals surface area contributed by atoms with Crippen LogP contribution in [0.5, 0.6) is 0 Å². The third-order valence-electron chi connectivity index (χ3n) is 6.64. The number of hydrogen-bond acceptors (Lipinski definition) is 4. The largest absolute Gasteiger partial charge is 0.350 e. The van der Waals surface area contributed by atoms with Gasteiger partial charge in [0.2, 0.25) is 0 Å². The van der Waals surface area contributed by atoms with Crippen molar-refractivity contribution in [1.29, 1.82) is 0 Å². The first-order valence-electron chi connectivity index (χ1n) is 10.7. The first kappa shape index (κ1) is 22.7. The lowest BCUT2D eigenvalue weighted by molar-refractivity contribution is -0.141. The molecule has 0 spiro atoms. The number of halogens is 4. The van der Waals surface area contributed by atoms with Crippen molar-refractivity contribution in [1.82, 2.24) is 25.0 Å². The van der Waals surface area contributed by atoms with Crippen molar-refractivity contribution in [3.05, 3.63) is 51.7 Å². The number of fused-ring (bicyclic) bond motifs is 2. The van der Waals surface area contributed by atoms with Crippen LogP contribution in [0.2, 0.25) is 5.02 Å². The Morgan fingerprint density at radius 1 is 1.32 bits per heavy atom. The molecule has 34 heavy (non-hydrogen) atoms. The van der Waals surface area contributed by atoms with Crippen molar-refractivity contribution >= 4 is 34.3 Å². The number of benzene rings is 1. The molecule has 0 saturated heterocycles. The van der Waals surface area contributed by atoms with Crippen LogP contribution in [-0.2, 0) is 17.7 Å². The standard InChI is InChI=1S/C22H21ClF3N5O3/c1-30(22(3-4-22)10-34-21(25)26)20(33)18-12-9-31(5-2-15(12)28-29-18)19(32)17-7-11-6-14(24)13(23)8-16(11)27-17/h6-8,21,27H,2-5,9-10H2,1H3,(H,28,29). The number of nitrogens with zero attached hydrogens (tertiary/aromatic N) is 3. The van der Waals surface area contributed by atoms with E-state index in [1.54, 1.807) is 18.0 Å². The summed E-state index contributed by atoms with van der Waals surface area (Å²) in [7, 11) is 1.55. The Morgan fingerprint density at radius 3 is 2.79 bits per heavy atom. The topological polar surface area (TPSA) is 94.3 Å². The summed E-state index contributed by atoms with van der Waals surface area (Å²) in [5, 5.41) is 7.51. The van der Waals surface area contributed by atoms with Gasteiger partial charge < -0.3 is 19.5 Å². The Balaban J connectivity index is 1.35. The Kier molecular flexibility index (Phi) is 5.56. The summed E-state index contributed by atoms with van der Waals surface area (Å²) in [4.78, 5) is 32.3. The van der Waals surface area contributed by atoms with Crippen molar-refractivity contribution in [3.8, 4) is 0 Å². The summed E-state index contributed by atoms with van der Waals surface area (Å²) < 4.78 is 43.3. The second kappa shape index (κ2) is 8.31. The number of H-pyrrole nitrogens is 2. The molecule has 2 aromatic heterocycles. The Hall–Kier alpha value is -3.05. The van der Waals surface area contributed by atoms with Gasteiger partial charge in [-0.15, -0.1) is 0 Å². The zero-order valence-electron chi connectivity index (χ0n) is 18.1. The van der Waals surface area contributed by atoms with E-state index >= 15 is 0 Å². The highest BCUT2D eigenvalue weighted by molar-refractivity contribution is 6.31. The van der Waals surface area contributed by atoms with E-state index in [0.29, 0.717) is 42.3 Å². The number of amides is 2. The van der Waals surface area contributed by atoms with Gasteiger partial charge in [0.25, 0.3) is 11.8 Å². The van der Waals surface area contributed by atoms with Gasteiger partial charge in [0, 0.05) is 42.2 Å². The van der Waals surface area contributed by atoms with E-state index in [2.05, 4.69) is 19.9 Å². The number of carbonyl (C=O) groups excluding carboxylic acids is 2. The maximum absolute atomic E-state index is 13.8. The van der Waals surface area contributed by atoms with E-state index in [9.17, 15) is 22.8 Å². The monoisotopic (exact) mass is 495 g/mol. The van der Waals surface area contributed by atoms with Gasteiger partial charge in [-0.1, -0.05) is 11.6 Å². The second-order valence-electron chi connectivity index (χ2n) is 8.70. The molecule has 1 aliphatic heterocycles. The van der Waals surface area contributed by atoms with E-state index in [1.165, 1.54) is 17.0 Å². The van der Waals surface area contributed by atoms with E-state index in [1.807, 2.05) is 0 Å². The van der Waals surface area contributed by atoms with Crippen LogP contribution >= 0.6 is 11.6 Å². The summed E-state index contributed by atoms with van der Waals surface area (Å²) in [6, 6.07) is 4.24. The molecule has 1 saturated carbocycles. The van der Waals surface area contributed by atoms with Crippen molar-refractivity contribution in [2.75, 3.05) is 20.2 Å². The van der Waals surface area contributed by atoms with Crippen LogP contribution in [0, 0.1) is 5.82 Å². The fourth-order valence-corrected chi connectivity index (χ4v) is 4.53. The number of carbonyl (C=O) groups is 2. The number of alkyl halides is 2. The number of ether oxygens (including phenoxy) is 1. The Bertz CT molecular complexity index is 1250. The van der Waals surface area contributed by atoms with Crippen molar-refractivity contribution in [2.45, 2.75) is 38.0 Å². The molecule has 0 unspecified atom stereocenters. The number of hydrogen-bond donors (Lipinski definition) is 2. The molecule has 2 aliphatic rings. The van der Waals surface area contributed by atoms with Gasteiger partial charge >= 0.3 is 6.61 Å². The van der Waals surface area contributed by atoms with Crippen LogP contribution in [0.3, 0.4) is 0 Å². The average Bonchev–Trinajstić information content (AvgIpc) is 3.32. The van der Waals surface area contributed by atoms with Crippen LogP contribution in [0.25, 0.3) is 10.9 Å². The Morgan fingerprint density at radius 2 is 2.09 bits per heavy atom. The highest BCUT2D eigenvalue weighted by Gasteiger charge is 2.50. The Labute approximate surface area is 197 Å². The van der Waals surface area contributed by atoms with Crippen LogP contribution in [0.15, 0.2) is 18.2 Å². The normalized spacial score (nSPS) is 16.7. The first-order chi connectivity index (χ1) is 16.2. The average molecular weight is 496 g/mol. The summed E-state index contributed by atoms with van der Waals surface area (Å²) in [6.45, 7) is -2.62. The fraction of sp³-hybridized carbons (Fsp3) is 0.409. The van der Waals surface area contributed by atoms with E-state index in [-0.39, 0.29) is 35.5 Å². The molecule has 12 heteroatoms. The molecular formula is C22H21ClF3N5O3. The minimum atomic E-state index is -2.91. The van der Waals surface area contributed by atoms with E-state index < -0.39 is 23.9 Å². The molecule has 1 aliphatic carbocycles. The molecule has 0 bridgehead atoms. The summed E-state index contributed by atoms with van der Waals surface area (Å²) in [5.41, 5.74) is 1.53. The highest BCUT2D eigenvalue weighted by atomic mass is 35.5. The lowest BCUT2D eigenvalue weighted by Crippen LogP contribution is -2.43. The van der Waals surface area contributed by atoms with Crippen LogP contribution in [0.4, 0.5) is 13.2 Å². The highest BCUT2D eigenvalue weighted by Crippen LogP contribution is 2.42. The van der Waals surface area contributed by atoms with Gasteiger partial charge in [0.05, 0.1) is 23.7 Å². The molecule has 2 amide bonds. The van der Waals surface area contributed by atoms with Gasteiger partial charge in [-0.2, -0.15) is 13.9 Å². The molecule has 3 heterocycles. The fourth-order valence-electron chi connectivity index (χ4n) is 4.37. The summed E-state index contributed by atoms with van der Waals surface area (Å²) in [5.74, 6) is -1.30. The van der Waals surface area contributed by atoms with E-state index in [0.717, 1.165) is 5.69 Å². The number of aromatic nitrogens is 3. The van der Waals surface area contributed by atoms with Gasteiger partial charge in [0.15, 0.2) is 5.69 Å². The van der Waals surface area contributed by atoms with Crippen LogP contribution in [0.1, 0.15) is 45.1 Å². The number of aromatic amines is 2. The van der Waals surface area contributed by atoms with Crippen LogP contribution in [-0.4, -0.2) is 69.1 Å². The molecule has 3 aromatic rings. The molecule has 1 aromatic carbocycles. The van der Waals surface area contributed by atoms with Crippen molar-refractivity contribution in [2.24, 2.45) is 0 Å². The summed E-state index contributed by atoms with van der Waals surface area (Å²) in [6.07, 6.45) is 1.58. The SMILES string of the molecule is CN(C(=O)c1n[nH]c2c1CN(C(=O)c1cc3cc(F)c(Cl)cc3[nH]1)CC2)C1(COC(F)F)CC1. The number of nitrogens with one attached hydrogen (secondary N) is 2. The minimum Gasteiger partial charge on any atom is -0.350 e. The van der Waals surface area contributed by atoms with Crippen LogP contribution < -0.4 is 0 Å².